The Morgan fingerprint density at radius 2 is 1.56 bits per heavy atom. The fraction of sp³-hybridized carbons (Fsp3) is 0.667. The summed E-state index contributed by atoms with van der Waals surface area (Å²) in [5, 5.41) is 0. The van der Waals surface area contributed by atoms with Gasteiger partial charge in [0.05, 0.1) is 13.2 Å². The lowest BCUT2D eigenvalue weighted by Crippen LogP contribution is -2.67. The fourth-order valence-corrected chi connectivity index (χ4v) is 4.99. The summed E-state index contributed by atoms with van der Waals surface area (Å²) < 4.78 is 11.9. The Labute approximate surface area is 151 Å². The topological polar surface area (TPSA) is 38.8 Å². The molecule has 1 spiro atoms. The zero-order chi connectivity index (χ0) is 18.3. The normalized spacial score (nSPS) is 25.1. The predicted molar refractivity (Wildman–Crippen MR) is 98.3 cm³/mol. The molecule has 2 fully saturated rings. The number of ether oxygens (including phenoxy) is 2. The number of carbonyl (C=O) groups excluding carboxylic acids is 1. The highest BCUT2D eigenvalue weighted by Gasteiger charge is 2.56. The molecule has 3 rings (SSSR count). The molecule has 1 aromatic rings. The molecule has 2 aliphatic rings. The van der Waals surface area contributed by atoms with Crippen LogP contribution in [0.1, 0.15) is 65.4 Å². The molecule has 1 aromatic carbocycles. The van der Waals surface area contributed by atoms with Gasteiger partial charge in [-0.25, -0.2) is 0 Å². The van der Waals surface area contributed by atoms with Crippen LogP contribution in [0.15, 0.2) is 30.3 Å². The lowest BCUT2D eigenvalue weighted by molar-refractivity contribution is -0.237. The van der Waals surface area contributed by atoms with Gasteiger partial charge in [0, 0.05) is 30.3 Å². The Morgan fingerprint density at radius 1 is 1.04 bits per heavy atom. The van der Waals surface area contributed by atoms with Gasteiger partial charge < -0.3 is 14.4 Å². The summed E-state index contributed by atoms with van der Waals surface area (Å²) >= 11 is 0. The van der Waals surface area contributed by atoms with Crippen molar-refractivity contribution in [3.8, 4) is 0 Å². The molecule has 0 aromatic heterocycles. The van der Waals surface area contributed by atoms with Crippen LogP contribution in [0.2, 0.25) is 0 Å². The number of piperidine rings is 1. The van der Waals surface area contributed by atoms with E-state index < -0.39 is 5.79 Å². The van der Waals surface area contributed by atoms with Crippen molar-refractivity contribution in [2.24, 2.45) is 0 Å². The smallest absolute Gasteiger partial charge is 0.224 e. The van der Waals surface area contributed by atoms with Crippen LogP contribution in [0.4, 0.5) is 0 Å². The molecule has 1 unspecified atom stereocenters. The average Bonchev–Trinajstić information content (AvgIpc) is 2.92. The van der Waals surface area contributed by atoms with Crippen LogP contribution in [0.25, 0.3) is 0 Å². The van der Waals surface area contributed by atoms with E-state index in [0.29, 0.717) is 19.6 Å². The van der Waals surface area contributed by atoms with Crippen LogP contribution in [-0.4, -0.2) is 40.9 Å². The third-order valence-electron chi connectivity index (χ3n) is 5.53. The Balaban J connectivity index is 1.79. The number of amides is 1. The highest BCUT2D eigenvalue weighted by Crippen LogP contribution is 2.47. The Morgan fingerprint density at radius 3 is 2.08 bits per heavy atom. The maximum Gasteiger partial charge on any atom is 0.224 e. The third-order valence-corrected chi connectivity index (χ3v) is 5.53. The summed E-state index contributed by atoms with van der Waals surface area (Å²) in [6.45, 7) is 11.9. The predicted octanol–water partition coefficient (Wildman–Crippen LogP) is 4.10. The fourth-order valence-electron chi connectivity index (χ4n) is 4.99. The van der Waals surface area contributed by atoms with E-state index in [-0.39, 0.29) is 22.9 Å². The molecule has 0 N–H and O–H groups in total. The van der Waals surface area contributed by atoms with Gasteiger partial charge in [-0.2, -0.15) is 0 Å². The van der Waals surface area contributed by atoms with Crippen molar-refractivity contribution in [1.29, 1.82) is 0 Å². The lowest BCUT2D eigenvalue weighted by atomic mass is 9.75. The lowest BCUT2D eigenvalue weighted by Gasteiger charge is -2.57. The standard InChI is InChI=1S/C21H31NO3/c1-16(17-9-7-6-8-10-17)13-18(23)22-19(2,3)14-21(15-20(22,4)5)24-11-12-25-21/h6-10,16H,11-15H2,1-5H3. The summed E-state index contributed by atoms with van der Waals surface area (Å²) in [6.07, 6.45) is 1.95. The van der Waals surface area contributed by atoms with E-state index in [0.717, 1.165) is 12.8 Å². The van der Waals surface area contributed by atoms with Crippen molar-refractivity contribution in [2.75, 3.05) is 13.2 Å². The number of nitrogens with zero attached hydrogens (tertiary/aromatic N) is 1. The van der Waals surface area contributed by atoms with Gasteiger partial charge in [-0.1, -0.05) is 37.3 Å². The third kappa shape index (κ3) is 3.61. The zero-order valence-electron chi connectivity index (χ0n) is 16.2. The summed E-state index contributed by atoms with van der Waals surface area (Å²) in [5.74, 6) is -0.121. The number of hydrogen-bond acceptors (Lipinski definition) is 3. The van der Waals surface area contributed by atoms with E-state index in [1.807, 2.05) is 18.2 Å². The van der Waals surface area contributed by atoms with E-state index in [2.05, 4.69) is 51.7 Å². The maximum absolute atomic E-state index is 13.3. The quantitative estimate of drug-likeness (QED) is 0.828. The number of likely N-dealkylation sites (tertiary alicyclic amines) is 1. The van der Waals surface area contributed by atoms with Crippen LogP contribution >= 0.6 is 0 Å². The maximum atomic E-state index is 13.3. The van der Waals surface area contributed by atoms with E-state index in [9.17, 15) is 4.79 Å². The van der Waals surface area contributed by atoms with Gasteiger partial charge in [-0.15, -0.1) is 0 Å². The van der Waals surface area contributed by atoms with Gasteiger partial charge in [0.1, 0.15) is 0 Å². The van der Waals surface area contributed by atoms with Crippen molar-refractivity contribution in [3.05, 3.63) is 35.9 Å². The number of hydrogen-bond donors (Lipinski definition) is 0. The monoisotopic (exact) mass is 345 g/mol. The van der Waals surface area contributed by atoms with E-state index in [1.165, 1.54) is 5.56 Å². The van der Waals surface area contributed by atoms with Crippen molar-refractivity contribution in [1.82, 2.24) is 4.90 Å². The second-order valence-corrected chi connectivity index (χ2v) is 8.83. The van der Waals surface area contributed by atoms with E-state index >= 15 is 0 Å². The van der Waals surface area contributed by atoms with E-state index in [1.54, 1.807) is 0 Å². The highest BCUT2D eigenvalue weighted by atomic mass is 16.7. The molecule has 25 heavy (non-hydrogen) atoms. The molecular weight excluding hydrogens is 314 g/mol. The molecular formula is C21H31NO3. The van der Waals surface area contributed by atoms with Crippen molar-refractivity contribution >= 4 is 5.91 Å². The van der Waals surface area contributed by atoms with Crippen LogP contribution in [0, 0.1) is 0 Å². The number of carbonyl (C=O) groups is 1. The Hall–Kier alpha value is -1.39. The first-order valence-corrected chi connectivity index (χ1v) is 9.31. The van der Waals surface area contributed by atoms with Gasteiger partial charge in [-0.3, -0.25) is 4.79 Å². The van der Waals surface area contributed by atoms with Crippen LogP contribution in [0.3, 0.4) is 0 Å². The van der Waals surface area contributed by atoms with Gasteiger partial charge in [0.25, 0.3) is 0 Å². The molecule has 138 valence electrons. The van der Waals surface area contributed by atoms with Gasteiger partial charge in [-0.05, 0) is 39.2 Å². The highest BCUT2D eigenvalue weighted by molar-refractivity contribution is 5.79. The zero-order valence-corrected chi connectivity index (χ0v) is 16.2. The van der Waals surface area contributed by atoms with Gasteiger partial charge >= 0.3 is 0 Å². The first-order valence-electron chi connectivity index (χ1n) is 9.31. The van der Waals surface area contributed by atoms with Crippen LogP contribution in [0.5, 0.6) is 0 Å². The molecule has 0 bridgehead atoms. The molecule has 2 aliphatic heterocycles. The Bertz CT molecular complexity index is 597. The minimum Gasteiger partial charge on any atom is -0.347 e. The van der Waals surface area contributed by atoms with Crippen molar-refractivity contribution in [3.63, 3.8) is 0 Å². The van der Waals surface area contributed by atoms with Crippen LogP contribution in [-0.2, 0) is 14.3 Å². The first-order chi connectivity index (χ1) is 11.7. The molecule has 0 aliphatic carbocycles. The molecule has 2 heterocycles. The van der Waals surface area contributed by atoms with Crippen molar-refractivity contribution in [2.45, 2.75) is 76.7 Å². The molecule has 1 amide bonds. The number of rotatable bonds is 3. The van der Waals surface area contributed by atoms with Gasteiger partial charge in [0.15, 0.2) is 5.79 Å². The van der Waals surface area contributed by atoms with E-state index in [4.69, 9.17) is 9.47 Å². The summed E-state index contributed by atoms with van der Waals surface area (Å²) in [6, 6.07) is 10.3. The first kappa shape index (κ1) is 18.4. The minimum absolute atomic E-state index is 0.204. The second kappa shape index (κ2) is 6.40. The molecule has 4 heteroatoms. The minimum atomic E-state index is -0.533. The van der Waals surface area contributed by atoms with Crippen LogP contribution < -0.4 is 0 Å². The summed E-state index contributed by atoms with van der Waals surface area (Å²) in [4.78, 5) is 15.3. The Kier molecular flexibility index (Phi) is 4.71. The molecule has 0 saturated carbocycles. The van der Waals surface area contributed by atoms with Crippen molar-refractivity contribution < 1.29 is 14.3 Å². The van der Waals surface area contributed by atoms with Gasteiger partial charge in [0.2, 0.25) is 5.91 Å². The number of benzene rings is 1. The summed E-state index contributed by atoms with van der Waals surface area (Å²) in [7, 11) is 0. The molecule has 1 atom stereocenters. The second-order valence-electron chi connectivity index (χ2n) is 8.83. The molecule has 0 radical (unpaired) electrons. The SMILES string of the molecule is CC(CC(=O)N1C(C)(C)CC2(CC1(C)C)OCCO2)c1ccccc1. The average molecular weight is 345 g/mol. The molecule has 2 saturated heterocycles. The largest absolute Gasteiger partial charge is 0.347 e. The molecule has 4 nitrogen and oxygen atoms in total. The summed E-state index contributed by atoms with van der Waals surface area (Å²) in [5.41, 5.74) is 0.599.